The lowest BCUT2D eigenvalue weighted by Gasteiger charge is -2.25. The summed E-state index contributed by atoms with van der Waals surface area (Å²) in [7, 11) is 0. The smallest absolute Gasteiger partial charge is 0.255 e. The standard InChI is InChI=1S/C25H23FN2O2S/c1-16(2)17-9-11-22(12-10-17)28-23(29)15-31-25(28)19-6-4-8-21(14-19)27-24(30)18-5-3-7-20(26)13-18/h3-14,16,25H,15H2,1-2H3,(H,27,30)/t25-/m1/s1. The summed E-state index contributed by atoms with van der Waals surface area (Å²) in [5, 5.41) is 2.64. The molecule has 1 aliphatic heterocycles. The molecular weight excluding hydrogens is 411 g/mol. The zero-order valence-corrected chi connectivity index (χ0v) is 18.2. The van der Waals surface area contributed by atoms with Gasteiger partial charge in [-0.2, -0.15) is 0 Å². The third-order valence-corrected chi connectivity index (χ3v) is 6.43. The van der Waals surface area contributed by atoms with E-state index in [0.717, 1.165) is 11.3 Å². The van der Waals surface area contributed by atoms with E-state index in [1.807, 2.05) is 35.2 Å². The number of thioether (sulfide) groups is 1. The maximum atomic E-state index is 13.4. The van der Waals surface area contributed by atoms with Crippen molar-refractivity contribution in [3.63, 3.8) is 0 Å². The van der Waals surface area contributed by atoms with Gasteiger partial charge in [-0.25, -0.2) is 4.39 Å². The Morgan fingerprint density at radius 1 is 1.06 bits per heavy atom. The molecule has 0 unspecified atom stereocenters. The predicted molar refractivity (Wildman–Crippen MR) is 124 cm³/mol. The van der Waals surface area contributed by atoms with Gasteiger partial charge in [0.25, 0.3) is 5.91 Å². The number of nitrogens with one attached hydrogen (secondary N) is 1. The van der Waals surface area contributed by atoms with Crippen LogP contribution in [0, 0.1) is 5.82 Å². The first-order valence-electron chi connectivity index (χ1n) is 10.1. The Bertz CT molecular complexity index is 1110. The number of carbonyl (C=O) groups excluding carboxylic acids is 2. The van der Waals surface area contributed by atoms with E-state index in [0.29, 0.717) is 17.4 Å². The molecule has 0 bridgehead atoms. The number of hydrogen-bond acceptors (Lipinski definition) is 3. The Hall–Kier alpha value is -3.12. The number of anilines is 2. The van der Waals surface area contributed by atoms with Gasteiger partial charge in [0.2, 0.25) is 5.91 Å². The zero-order chi connectivity index (χ0) is 22.0. The monoisotopic (exact) mass is 434 g/mol. The van der Waals surface area contributed by atoms with Crippen molar-refractivity contribution in [2.75, 3.05) is 16.0 Å². The molecule has 2 amide bonds. The molecule has 0 spiro atoms. The first-order chi connectivity index (χ1) is 14.9. The first kappa shape index (κ1) is 21.1. The molecule has 1 N–H and O–H groups in total. The SMILES string of the molecule is CC(C)c1ccc(N2C(=O)CS[C@@H]2c2cccc(NC(=O)c3cccc(F)c3)c2)cc1. The van der Waals surface area contributed by atoms with E-state index in [9.17, 15) is 14.0 Å². The zero-order valence-electron chi connectivity index (χ0n) is 17.3. The summed E-state index contributed by atoms with van der Waals surface area (Å²) in [4.78, 5) is 26.9. The predicted octanol–water partition coefficient (Wildman–Crippen LogP) is 5.98. The van der Waals surface area contributed by atoms with Gasteiger partial charge in [0.1, 0.15) is 11.2 Å². The van der Waals surface area contributed by atoms with Crippen molar-refractivity contribution in [1.82, 2.24) is 0 Å². The van der Waals surface area contributed by atoms with Gasteiger partial charge in [-0.1, -0.05) is 44.2 Å². The summed E-state index contributed by atoms with van der Waals surface area (Å²) < 4.78 is 13.4. The van der Waals surface area contributed by atoms with E-state index < -0.39 is 5.82 Å². The summed E-state index contributed by atoms with van der Waals surface area (Å²) in [6.45, 7) is 4.27. The van der Waals surface area contributed by atoms with E-state index in [4.69, 9.17) is 0 Å². The van der Waals surface area contributed by atoms with Gasteiger partial charge in [0, 0.05) is 16.9 Å². The molecule has 6 heteroatoms. The van der Waals surface area contributed by atoms with Crippen LogP contribution in [0.25, 0.3) is 0 Å². The molecule has 1 fully saturated rings. The van der Waals surface area contributed by atoms with E-state index in [2.05, 4.69) is 31.3 Å². The molecule has 3 aromatic carbocycles. The molecule has 1 atom stereocenters. The largest absolute Gasteiger partial charge is 0.322 e. The van der Waals surface area contributed by atoms with Crippen LogP contribution >= 0.6 is 11.8 Å². The number of hydrogen-bond donors (Lipinski definition) is 1. The summed E-state index contributed by atoms with van der Waals surface area (Å²) in [6, 6.07) is 21.1. The van der Waals surface area contributed by atoms with E-state index in [1.54, 1.807) is 23.9 Å². The molecular formula is C25H23FN2O2S. The molecule has 0 saturated carbocycles. The Balaban J connectivity index is 1.57. The van der Waals surface area contributed by atoms with Crippen LogP contribution in [0.3, 0.4) is 0 Å². The molecule has 4 rings (SSSR count). The van der Waals surface area contributed by atoms with Crippen LogP contribution in [0.5, 0.6) is 0 Å². The summed E-state index contributed by atoms with van der Waals surface area (Å²) in [5.41, 5.74) is 3.85. The second-order valence-electron chi connectivity index (χ2n) is 7.76. The van der Waals surface area contributed by atoms with Crippen LogP contribution in [0.2, 0.25) is 0 Å². The fourth-order valence-corrected chi connectivity index (χ4v) is 4.74. The summed E-state index contributed by atoms with van der Waals surface area (Å²) in [6.07, 6.45) is 0. The van der Waals surface area contributed by atoms with Crippen LogP contribution in [-0.4, -0.2) is 17.6 Å². The maximum Gasteiger partial charge on any atom is 0.255 e. The van der Waals surface area contributed by atoms with Crippen molar-refractivity contribution in [3.05, 3.63) is 95.3 Å². The Labute approximate surface area is 185 Å². The molecule has 1 aliphatic rings. The maximum absolute atomic E-state index is 13.4. The Morgan fingerprint density at radius 2 is 1.81 bits per heavy atom. The number of benzene rings is 3. The average molecular weight is 435 g/mol. The van der Waals surface area contributed by atoms with Crippen molar-refractivity contribution >= 4 is 35.0 Å². The first-order valence-corrected chi connectivity index (χ1v) is 11.2. The summed E-state index contributed by atoms with van der Waals surface area (Å²) in [5.74, 6) is 0.0407. The molecule has 1 saturated heterocycles. The highest BCUT2D eigenvalue weighted by Crippen LogP contribution is 2.42. The minimum Gasteiger partial charge on any atom is -0.322 e. The van der Waals surface area contributed by atoms with E-state index in [1.165, 1.54) is 23.8 Å². The van der Waals surface area contributed by atoms with E-state index in [-0.39, 0.29) is 22.8 Å². The lowest BCUT2D eigenvalue weighted by molar-refractivity contribution is -0.115. The minimum absolute atomic E-state index is 0.0569. The Kier molecular flexibility index (Phi) is 6.09. The third-order valence-electron chi connectivity index (χ3n) is 5.22. The molecule has 3 aromatic rings. The van der Waals surface area contributed by atoms with Crippen molar-refractivity contribution in [2.24, 2.45) is 0 Å². The highest BCUT2D eigenvalue weighted by Gasteiger charge is 2.34. The highest BCUT2D eigenvalue weighted by molar-refractivity contribution is 8.00. The van der Waals surface area contributed by atoms with E-state index >= 15 is 0 Å². The minimum atomic E-state index is -0.457. The van der Waals surface area contributed by atoms with Crippen LogP contribution in [-0.2, 0) is 4.79 Å². The highest BCUT2D eigenvalue weighted by atomic mass is 32.2. The fraction of sp³-hybridized carbons (Fsp3) is 0.200. The molecule has 0 radical (unpaired) electrons. The van der Waals surface area contributed by atoms with Gasteiger partial charge < -0.3 is 5.32 Å². The summed E-state index contributed by atoms with van der Waals surface area (Å²) >= 11 is 1.56. The Morgan fingerprint density at radius 3 is 2.52 bits per heavy atom. The number of carbonyl (C=O) groups is 2. The quantitative estimate of drug-likeness (QED) is 0.537. The number of halogens is 1. The van der Waals surface area contributed by atoms with Crippen molar-refractivity contribution in [3.8, 4) is 0 Å². The molecule has 31 heavy (non-hydrogen) atoms. The molecule has 1 heterocycles. The molecule has 4 nitrogen and oxygen atoms in total. The number of nitrogens with zero attached hydrogens (tertiary/aromatic N) is 1. The number of amides is 2. The molecule has 0 aromatic heterocycles. The average Bonchev–Trinajstić information content (AvgIpc) is 3.15. The van der Waals surface area contributed by atoms with Crippen molar-refractivity contribution < 1.29 is 14.0 Å². The van der Waals surface area contributed by atoms with Gasteiger partial charge in [-0.05, 0) is 59.5 Å². The van der Waals surface area contributed by atoms with Gasteiger partial charge in [-0.3, -0.25) is 14.5 Å². The van der Waals surface area contributed by atoms with Gasteiger partial charge in [-0.15, -0.1) is 11.8 Å². The number of rotatable bonds is 5. The van der Waals surface area contributed by atoms with Crippen LogP contribution in [0.4, 0.5) is 15.8 Å². The second kappa shape index (κ2) is 8.94. The topological polar surface area (TPSA) is 49.4 Å². The van der Waals surface area contributed by atoms with Gasteiger partial charge in [0.15, 0.2) is 0 Å². The lowest BCUT2D eigenvalue weighted by atomic mass is 10.0. The normalized spacial score (nSPS) is 16.1. The molecule has 158 valence electrons. The van der Waals surface area contributed by atoms with Gasteiger partial charge in [0.05, 0.1) is 5.75 Å². The fourth-order valence-electron chi connectivity index (χ4n) is 3.57. The molecule has 0 aliphatic carbocycles. The second-order valence-corrected chi connectivity index (χ2v) is 8.83. The van der Waals surface area contributed by atoms with Crippen molar-refractivity contribution in [1.29, 1.82) is 0 Å². The van der Waals surface area contributed by atoms with Crippen molar-refractivity contribution in [2.45, 2.75) is 25.1 Å². The lowest BCUT2D eigenvalue weighted by Crippen LogP contribution is -2.27. The van der Waals surface area contributed by atoms with Crippen LogP contribution in [0.15, 0.2) is 72.8 Å². The van der Waals surface area contributed by atoms with Crippen LogP contribution < -0.4 is 10.2 Å². The van der Waals surface area contributed by atoms with Crippen LogP contribution in [0.1, 0.15) is 46.6 Å². The van der Waals surface area contributed by atoms with Gasteiger partial charge >= 0.3 is 0 Å². The third kappa shape index (κ3) is 4.64.